The summed E-state index contributed by atoms with van der Waals surface area (Å²) in [6.07, 6.45) is 5.86. The molecule has 0 bridgehead atoms. The van der Waals surface area contributed by atoms with Crippen molar-refractivity contribution in [3.05, 3.63) is 37.4 Å². The fraction of sp³-hybridized carbons (Fsp3) is 0.450. The number of ether oxygens (including phenoxy) is 2. The summed E-state index contributed by atoms with van der Waals surface area (Å²) in [5, 5.41) is 3.22. The molecule has 0 aromatic carbocycles. The van der Waals surface area contributed by atoms with Crippen LogP contribution in [-0.2, 0) is 40.0 Å². The Morgan fingerprint density at radius 2 is 1.79 bits per heavy atom. The molecule has 2 heterocycles. The van der Waals surface area contributed by atoms with Gasteiger partial charge in [0, 0.05) is 9.75 Å². The SMILES string of the molecule is CCOC(=O)c1c(NC(=O)COC(=O)c2cc3c(s2)CCC3)sc2c1CCC2. The number of amides is 1. The number of hydrogen-bond acceptors (Lipinski definition) is 7. The zero-order chi connectivity index (χ0) is 19.7. The van der Waals surface area contributed by atoms with Crippen LogP contribution in [0.5, 0.6) is 0 Å². The van der Waals surface area contributed by atoms with Crippen LogP contribution in [0.2, 0.25) is 0 Å². The first kappa shape index (κ1) is 19.1. The van der Waals surface area contributed by atoms with Gasteiger partial charge in [-0.05, 0) is 62.6 Å². The van der Waals surface area contributed by atoms with Gasteiger partial charge in [0.1, 0.15) is 9.88 Å². The molecule has 0 saturated carbocycles. The van der Waals surface area contributed by atoms with Crippen LogP contribution in [0.4, 0.5) is 5.00 Å². The van der Waals surface area contributed by atoms with Gasteiger partial charge in [0.2, 0.25) is 0 Å². The summed E-state index contributed by atoms with van der Waals surface area (Å²) in [7, 11) is 0. The van der Waals surface area contributed by atoms with Crippen molar-refractivity contribution in [1.29, 1.82) is 0 Å². The van der Waals surface area contributed by atoms with E-state index in [0.29, 0.717) is 15.4 Å². The normalized spacial score (nSPS) is 14.5. The molecule has 28 heavy (non-hydrogen) atoms. The molecular formula is C20H21NO5S2. The predicted octanol–water partition coefficient (Wildman–Crippen LogP) is 3.76. The number of aryl methyl sites for hydroxylation is 3. The van der Waals surface area contributed by atoms with Crippen LogP contribution in [-0.4, -0.2) is 31.1 Å². The molecule has 0 spiro atoms. The van der Waals surface area contributed by atoms with Gasteiger partial charge in [-0.1, -0.05) is 0 Å². The maximum absolute atomic E-state index is 12.3. The second-order valence-electron chi connectivity index (χ2n) is 6.82. The number of anilines is 1. The van der Waals surface area contributed by atoms with Gasteiger partial charge < -0.3 is 14.8 Å². The summed E-state index contributed by atoms with van der Waals surface area (Å²) < 4.78 is 10.3. The van der Waals surface area contributed by atoms with Crippen molar-refractivity contribution in [3.63, 3.8) is 0 Å². The fourth-order valence-electron chi connectivity index (χ4n) is 3.71. The summed E-state index contributed by atoms with van der Waals surface area (Å²) in [5.41, 5.74) is 2.64. The standard InChI is InChI=1S/C20H21NO5S2/c1-2-25-20(24)17-12-6-4-8-14(12)28-18(17)21-16(22)10-26-19(23)15-9-11-5-3-7-13(11)27-15/h9H,2-8,10H2,1H3,(H,21,22). The monoisotopic (exact) mass is 419 g/mol. The minimum atomic E-state index is -0.478. The Morgan fingerprint density at radius 3 is 2.57 bits per heavy atom. The van der Waals surface area contributed by atoms with Crippen LogP contribution >= 0.6 is 22.7 Å². The third-order valence-electron chi connectivity index (χ3n) is 4.94. The molecule has 0 saturated heterocycles. The van der Waals surface area contributed by atoms with Crippen LogP contribution in [0.25, 0.3) is 0 Å². The van der Waals surface area contributed by atoms with Gasteiger partial charge in [0.05, 0.1) is 12.2 Å². The molecule has 148 valence electrons. The smallest absolute Gasteiger partial charge is 0.348 e. The summed E-state index contributed by atoms with van der Waals surface area (Å²) in [5.74, 6) is -1.35. The van der Waals surface area contributed by atoms with Crippen molar-refractivity contribution >= 4 is 45.5 Å². The third kappa shape index (κ3) is 3.71. The molecule has 0 atom stereocenters. The highest BCUT2D eigenvalue weighted by molar-refractivity contribution is 7.17. The number of hydrogen-bond donors (Lipinski definition) is 1. The lowest BCUT2D eigenvalue weighted by molar-refractivity contribution is -0.119. The summed E-state index contributed by atoms with van der Waals surface area (Å²) in [6.45, 7) is 1.65. The first-order valence-corrected chi connectivity index (χ1v) is 11.1. The Bertz CT molecular complexity index is 921. The van der Waals surface area contributed by atoms with Crippen molar-refractivity contribution in [3.8, 4) is 0 Å². The van der Waals surface area contributed by atoms with Gasteiger partial charge in [0.25, 0.3) is 5.91 Å². The second kappa shape index (κ2) is 8.05. The van der Waals surface area contributed by atoms with E-state index >= 15 is 0 Å². The molecule has 8 heteroatoms. The summed E-state index contributed by atoms with van der Waals surface area (Å²) in [6, 6.07) is 1.87. The molecule has 2 aliphatic carbocycles. The highest BCUT2D eigenvalue weighted by Gasteiger charge is 2.28. The number of carbonyl (C=O) groups excluding carboxylic acids is 3. The first-order valence-electron chi connectivity index (χ1n) is 9.47. The Morgan fingerprint density at radius 1 is 1.00 bits per heavy atom. The molecule has 2 aliphatic rings. The maximum Gasteiger partial charge on any atom is 0.348 e. The highest BCUT2D eigenvalue weighted by atomic mass is 32.1. The summed E-state index contributed by atoms with van der Waals surface area (Å²) in [4.78, 5) is 39.8. The lowest BCUT2D eigenvalue weighted by Crippen LogP contribution is -2.21. The Kier molecular flexibility index (Phi) is 5.50. The van der Waals surface area contributed by atoms with Gasteiger partial charge >= 0.3 is 11.9 Å². The van der Waals surface area contributed by atoms with Gasteiger partial charge in [-0.15, -0.1) is 22.7 Å². The Balaban J connectivity index is 1.39. The first-order chi connectivity index (χ1) is 13.6. The van der Waals surface area contributed by atoms with Crippen LogP contribution < -0.4 is 5.32 Å². The number of rotatable bonds is 6. The number of nitrogens with one attached hydrogen (secondary N) is 1. The van der Waals surface area contributed by atoms with E-state index in [0.717, 1.165) is 49.0 Å². The van der Waals surface area contributed by atoms with Gasteiger partial charge in [-0.2, -0.15) is 0 Å². The van der Waals surface area contributed by atoms with Crippen molar-refractivity contribution in [2.75, 3.05) is 18.5 Å². The molecule has 6 nitrogen and oxygen atoms in total. The van der Waals surface area contributed by atoms with Crippen molar-refractivity contribution in [1.82, 2.24) is 0 Å². The molecule has 0 fully saturated rings. The van der Waals surface area contributed by atoms with Crippen molar-refractivity contribution in [2.45, 2.75) is 45.4 Å². The lowest BCUT2D eigenvalue weighted by Gasteiger charge is -2.08. The fourth-order valence-corrected chi connectivity index (χ4v) is 6.15. The quantitative estimate of drug-likeness (QED) is 0.721. The van der Waals surface area contributed by atoms with Crippen LogP contribution in [0, 0.1) is 0 Å². The molecule has 4 rings (SSSR count). The van der Waals surface area contributed by atoms with E-state index in [4.69, 9.17) is 9.47 Å². The molecule has 1 amide bonds. The molecule has 2 aromatic rings. The van der Waals surface area contributed by atoms with E-state index in [9.17, 15) is 14.4 Å². The van der Waals surface area contributed by atoms with Crippen LogP contribution in [0.3, 0.4) is 0 Å². The Labute approximate surface area is 170 Å². The summed E-state index contributed by atoms with van der Waals surface area (Å²) >= 11 is 2.85. The average Bonchev–Trinajstić information content (AvgIpc) is 3.39. The zero-order valence-corrected chi connectivity index (χ0v) is 17.2. The number of thiophene rings is 2. The predicted molar refractivity (Wildman–Crippen MR) is 108 cm³/mol. The van der Waals surface area contributed by atoms with E-state index in [1.54, 1.807) is 6.92 Å². The molecule has 0 aliphatic heterocycles. The van der Waals surface area contributed by atoms with E-state index in [-0.39, 0.29) is 13.2 Å². The lowest BCUT2D eigenvalue weighted by atomic mass is 10.1. The minimum Gasteiger partial charge on any atom is -0.462 e. The van der Waals surface area contributed by atoms with E-state index in [2.05, 4.69) is 5.32 Å². The van der Waals surface area contributed by atoms with E-state index in [1.807, 2.05) is 6.07 Å². The molecule has 0 unspecified atom stereocenters. The Hall–Kier alpha value is -2.19. The van der Waals surface area contributed by atoms with Crippen molar-refractivity contribution in [2.24, 2.45) is 0 Å². The molecule has 0 radical (unpaired) electrons. The third-order valence-corrected chi connectivity index (χ3v) is 7.36. The number of carbonyl (C=O) groups is 3. The largest absolute Gasteiger partial charge is 0.462 e. The van der Waals surface area contributed by atoms with Crippen molar-refractivity contribution < 1.29 is 23.9 Å². The second-order valence-corrected chi connectivity index (χ2v) is 9.06. The molecular weight excluding hydrogens is 398 g/mol. The van der Waals surface area contributed by atoms with Gasteiger partial charge in [-0.3, -0.25) is 4.79 Å². The average molecular weight is 420 g/mol. The zero-order valence-electron chi connectivity index (χ0n) is 15.6. The van der Waals surface area contributed by atoms with E-state index < -0.39 is 17.8 Å². The van der Waals surface area contributed by atoms with Gasteiger partial charge in [0.15, 0.2) is 6.61 Å². The van der Waals surface area contributed by atoms with E-state index in [1.165, 1.54) is 33.1 Å². The molecule has 1 N–H and O–H groups in total. The minimum absolute atomic E-state index is 0.277. The number of esters is 2. The maximum atomic E-state index is 12.3. The topological polar surface area (TPSA) is 81.7 Å². The highest BCUT2D eigenvalue weighted by Crippen LogP contribution is 2.39. The van der Waals surface area contributed by atoms with Gasteiger partial charge in [-0.25, -0.2) is 9.59 Å². The van der Waals surface area contributed by atoms with Crippen LogP contribution in [0.1, 0.15) is 60.7 Å². The molecule has 2 aromatic heterocycles. The van der Waals surface area contributed by atoms with Crippen LogP contribution in [0.15, 0.2) is 6.07 Å². The number of fused-ring (bicyclic) bond motifs is 2.